The molecule has 0 aromatic heterocycles. The van der Waals surface area contributed by atoms with Gasteiger partial charge in [0.1, 0.15) is 12.4 Å². The van der Waals surface area contributed by atoms with Gasteiger partial charge in [0.2, 0.25) is 0 Å². The smallest absolute Gasteiger partial charge is 0.119 e. The Labute approximate surface area is 121 Å². The molecule has 3 N–H and O–H groups in total. The SMILES string of the molecule is CC1CCCCN1CCOc1ccc([C@H](N)CO)cc1. The molecule has 1 aliphatic heterocycles. The number of benzene rings is 1. The Morgan fingerprint density at radius 3 is 2.75 bits per heavy atom. The van der Waals surface area contributed by atoms with Crippen LogP contribution in [0.2, 0.25) is 0 Å². The van der Waals surface area contributed by atoms with Crippen molar-refractivity contribution in [3.63, 3.8) is 0 Å². The molecule has 1 aromatic carbocycles. The summed E-state index contributed by atoms with van der Waals surface area (Å²) in [4.78, 5) is 2.50. The summed E-state index contributed by atoms with van der Waals surface area (Å²) in [5.41, 5.74) is 6.69. The van der Waals surface area contributed by atoms with Crippen LogP contribution < -0.4 is 10.5 Å². The van der Waals surface area contributed by atoms with E-state index in [9.17, 15) is 0 Å². The van der Waals surface area contributed by atoms with Crippen molar-refractivity contribution < 1.29 is 9.84 Å². The van der Waals surface area contributed by atoms with E-state index in [4.69, 9.17) is 15.6 Å². The van der Waals surface area contributed by atoms with Crippen molar-refractivity contribution in [3.05, 3.63) is 29.8 Å². The quantitative estimate of drug-likeness (QED) is 0.835. The molecule has 4 nitrogen and oxygen atoms in total. The molecule has 1 unspecified atom stereocenters. The van der Waals surface area contributed by atoms with Crippen molar-refractivity contribution in [2.24, 2.45) is 5.73 Å². The molecule has 0 saturated carbocycles. The summed E-state index contributed by atoms with van der Waals surface area (Å²) in [6.45, 7) is 5.15. The van der Waals surface area contributed by atoms with E-state index < -0.39 is 0 Å². The number of likely N-dealkylation sites (tertiary alicyclic amines) is 1. The average Bonchev–Trinajstić information content (AvgIpc) is 2.49. The molecule has 0 aliphatic carbocycles. The minimum atomic E-state index is -0.307. The molecular weight excluding hydrogens is 252 g/mol. The van der Waals surface area contributed by atoms with Crippen molar-refractivity contribution in [1.29, 1.82) is 0 Å². The molecule has 1 aromatic rings. The maximum absolute atomic E-state index is 9.01. The van der Waals surface area contributed by atoms with Crippen LogP contribution in [-0.2, 0) is 0 Å². The number of hydrogen-bond donors (Lipinski definition) is 2. The van der Waals surface area contributed by atoms with E-state index in [2.05, 4.69) is 11.8 Å². The summed E-state index contributed by atoms with van der Waals surface area (Å²) in [6, 6.07) is 8.05. The van der Waals surface area contributed by atoms with Crippen molar-refractivity contribution in [1.82, 2.24) is 4.90 Å². The van der Waals surface area contributed by atoms with Gasteiger partial charge in [-0.3, -0.25) is 4.90 Å². The number of aliphatic hydroxyl groups is 1. The molecule has 2 rings (SSSR count). The minimum absolute atomic E-state index is 0.0347. The second-order valence-electron chi connectivity index (χ2n) is 5.59. The molecule has 20 heavy (non-hydrogen) atoms. The topological polar surface area (TPSA) is 58.7 Å². The number of rotatable bonds is 6. The standard InChI is InChI=1S/C16H26N2O2/c1-13-4-2-3-9-18(13)10-11-20-15-7-5-14(6-8-15)16(17)12-19/h5-8,13,16,19H,2-4,9-12,17H2,1H3/t13?,16-/m1/s1. The van der Waals surface area contributed by atoms with Gasteiger partial charge in [-0.1, -0.05) is 18.6 Å². The van der Waals surface area contributed by atoms with Gasteiger partial charge in [-0.05, 0) is 44.0 Å². The normalized spacial score (nSPS) is 21.6. The number of nitrogens with zero attached hydrogens (tertiary/aromatic N) is 1. The molecule has 0 bridgehead atoms. The molecular formula is C16H26N2O2. The Kier molecular flexibility index (Phi) is 5.83. The van der Waals surface area contributed by atoms with Crippen molar-refractivity contribution in [3.8, 4) is 5.75 Å². The fraction of sp³-hybridized carbons (Fsp3) is 0.625. The van der Waals surface area contributed by atoms with Crippen LogP contribution in [0.4, 0.5) is 0 Å². The molecule has 0 radical (unpaired) electrons. The van der Waals surface area contributed by atoms with E-state index in [1.54, 1.807) is 0 Å². The average molecular weight is 278 g/mol. The third kappa shape index (κ3) is 4.20. The third-order valence-electron chi connectivity index (χ3n) is 4.09. The highest BCUT2D eigenvalue weighted by molar-refractivity contribution is 5.29. The lowest BCUT2D eigenvalue weighted by atomic mass is 10.0. The fourth-order valence-electron chi connectivity index (χ4n) is 2.69. The molecule has 0 spiro atoms. The monoisotopic (exact) mass is 278 g/mol. The van der Waals surface area contributed by atoms with Crippen molar-refractivity contribution in [2.45, 2.75) is 38.3 Å². The van der Waals surface area contributed by atoms with E-state index >= 15 is 0 Å². The van der Waals surface area contributed by atoms with E-state index in [0.717, 1.165) is 24.5 Å². The summed E-state index contributed by atoms with van der Waals surface area (Å²) >= 11 is 0. The maximum Gasteiger partial charge on any atom is 0.119 e. The van der Waals surface area contributed by atoms with Gasteiger partial charge in [-0.2, -0.15) is 0 Å². The zero-order chi connectivity index (χ0) is 14.4. The van der Waals surface area contributed by atoms with Crippen molar-refractivity contribution >= 4 is 0 Å². The molecule has 1 heterocycles. The zero-order valence-corrected chi connectivity index (χ0v) is 12.3. The van der Waals surface area contributed by atoms with Gasteiger partial charge in [0.05, 0.1) is 12.6 Å². The summed E-state index contributed by atoms with van der Waals surface area (Å²) in [5, 5.41) is 9.01. The van der Waals surface area contributed by atoms with Gasteiger partial charge in [0.15, 0.2) is 0 Å². The Hall–Kier alpha value is -1.10. The molecule has 1 fully saturated rings. The van der Waals surface area contributed by atoms with Gasteiger partial charge in [0.25, 0.3) is 0 Å². The van der Waals surface area contributed by atoms with Crippen LogP contribution in [0.15, 0.2) is 24.3 Å². The summed E-state index contributed by atoms with van der Waals surface area (Å²) in [5.74, 6) is 0.864. The number of piperidine rings is 1. The van der Waals surface area contributed by atoms with Crippen LogP contribution in [0.3, 0.4) is 0 Å². The first-order chi connectivity index (χ1) is 9.70. The Balaban J connectivity index is 1.76. The molecule has 1 saturated heterocycles. The van der Waals surface area contributed by atoms with Gasteiger partial charge in [0, 0.05) is 12.6 Å². The highest BCUT2D eigenvalue weighted by Gasteiger charge is 2.17. The lowest BCUT2D eigenvalue weighted by molar-refractivity contribution is 0.133. The van der Waals surface area contributed by atoms with Gasteiger partial charge < -0.3 is 15.6 Å². The Morgan fingerprint density at radius 2 is 2.10 bits per heavy atom. The summed E-state index contributed by atoms with van der Waals surface area (Å²) in [6.07, 6.45) is 3.96. The van der Waals surface area contributed by atoms with Crippen LogP contribution in [0.1, 0.15) is 37.8 Å². The van der Waals surface area contributed by atoms with Crippen LogP contribution in [-0.4, -0.2) is 42.4 Å². The molecule has 2 atom stereocenters. The Morgan fingerprint density at radius 1 is 1.35 bits per heavy atom. The second kappa shape index (κ2) is 7.62. The first-order valence-electron chi connectivity index (χ1n) is 7.54. The molecule has 1 aliphatic rings. The predicted octanol–water partition coefficient (Wildman–Crippen LogP) is 1.93. The summed E-state index contributed by atoms with van der Waals surface area (Å²) < 4.78 is 5.78. The van der Waals surface area contributed by atoms with E-state index in [1.165, 1.54) is 25.8 Å². The number of hydrogen-bond acceptors (Lipinski definition) is 4. The number of nitrogens with two attached hydrogens (primary N) is 1. The predicted molar refractivity (Wildman–Crippen MR) is 80.8 cm³/mol. The second-order valence-corrected chi connectivity index (χ2v) is 5.59. The zero-order valence-electron chi connectivity index (χ0n) is 12.3. The lowest BCUT2D eigenvalue weighted by Crippen LogP contribution is -2.39. The number of aliphatic hydroxyl groups excluding tert-OH is 1. The third-order valence-corrected chi connectivity index (χ3v) is 4.09. The summed E-state index contributed by atoms with van der Waals surface area (Å²) in [7, 11) is 0. The first-order valence-corrected chi connectivity index (χ1v) is 7.54. The van der Waals surface area contributed by atoms with E-state index in [1.807, 2.05) is 24.3 Å². The van der Waals surface area contributed by atoms with E-state index in [0.29, 0.717) is 6.04 Å². The molecule has 4 heteroatoms. The fourth-order valence-corrected chi connectivity index (χ4v) is 2.69. The van der Waals surface area contributed by atoms with Crippen LogP contribution in [0.25, 0.3) is 0 Å². The van der Waals surface area contributed by atoms with E-state index in [-0.39, 0.29) is 12.6 Å². The van der Waals surface area contributed by atoms with Crippen LogP contribution >= 0.6 is 0 Å². The van der Waals surface area contributed by atoms with Gasteiger partial charge >= 0.3 is 0 Å². The number of ether oxygens (including phenoxy) is 1. The van der Waals surface area contributed by atoms with Crippen molar-refractivity contribution in [2.75, 3.05) is 26.3 Å². The highest BCUT2D eigenvalue weighted by atomic mass is 16.5. The molecule has 0 amide bonds. The Bertz CT molecular complexity index is 394. The van der Waals surface area contributed by atoms with Gasteiger partial charge in [-0.25, -0.2) is 0 Å². The maximum atomic E-state index is 9.01. The highest BCUT2D eigenvalue weighted by Crippen LogP contribution is 2.18. The minimum Gasteiger partial charge on any atom is -0.492 e. The lowest BCUT2D eigenvalue weighted by Gasteiger charge is -2.33. The van der Waals surface area contributed by atoms with Gasteiger partial charge in [-0.15, -0.1) is 0 Å². The van der Waals surface area contributed by atoms with Crippen LogP contribution in [0.5, 0.6) is 5.75 Å². The van der Waals surface area contributed by atoms with Crippen LogP contribution in [0, 0.1) is 0 Å². The first kappa shape index (κ1) is 15.3. The molecule has 112 valence electrons. The largest absolute Gasteiger partial charge is 0.492 e.